The van der Waals surface area contributed by atoms with Crippen molar-refractivity contribution in [1.82, 2.24) is 5.01 Å². The van der Waals surface area contributed by atoms with Gasteiger partial charge < -0.3 is 9.47 Å². The lowest BCUT2D eigenvalue weighted by atomic mass is 9.95. The summed E-state index contributed by atoms with van der Waals surface area (Å²) in [5, 5.41) is 8.13. The number of nitrogens with zero attached hydrogens (tertiary/aromatic N) is 2. The molecule has 2 aliphatic rings. The van der Waals surface area contributed by atoms with Crippen molar-refractivity contribution < 1.29 is 9.47 Å². The van der Waals surface area contributed by atoms with E-state index in [1.54, 1.807) is 6.07 Å². The summed E-state index contributed by atoms with van der Waals surface area (Å²) in [6.07, 6.45) is 0.360. The van der Waals surface area contributed by atoms with Crippen molar-refractivity contribution in [3.05, 3.63) is 93.0 Å². The van der Waals surface area contributed by atoms with Gasteiger partial charge in [-0.05, 0) is 55.8 Å². The van der Waals surface area contributed by atoms with E-state index < -0.39 is 6.23 Å². The zero-order valence-electron chi connectivity index (χ0n) is 17.3. The molecule has 158 valence electrons. The lowest BCUT2D eigenvalue weighted by Crippen LogP contribution is -2.33. The second-order valence-electron chi connectivity index (χ2n) is 7.79. The SMILES string of the molecule is CCOc1ccc([C@@H]2Oc3c(Cl)cc(Cl)cc3[C@@H]3CC(c4ccc(C)cc4)=NN32)cc1. The topological polar surface area (TPSA) is 34.1 Å². The third-order valence-corrected chi connectivity index (χ3v) is 6.17. The highest BCUT2D eigenvalue weighted by Crippen LogP contribution is 2.50. The van der Waals surface area contributed by atoms with Gasteiger partial charge in [0.25, 0.3) is 0 Å². The number of hydrogen-bond donors (Lipinski definition) is 0. The summed E-state index contributed by atoms with van der Waals surface area (Å²) >= 11 is 12.9. The van der Waals surface area contributed by atoms with Gasteiger partial charge in [0.2, 0.25) is 6.23 Å². The van der Waals surface area contributed by atoms with Crippen LogP contribution in [-0.4, -0.2) is 17.3 Å². The Bertz CT molecular complexity index is 1140. The Labute approximate surface area is 192 Å². The fourth-order valence-corrected chi connectivity index (χ4v) is 4.70. The van der Waals surface area contributed by atoms with Gasteiger partial charge in [-0.2, -0.15) is 5.10 Å². The maximum absolute atomic E-state index is 6.54. The van der Waals surface area contributed by atoms with Gasteiger partial charge in [0.05, 0.1) is 23.4 Å². The standard InChI is InChI=1S/C25H22Cl2N2O2/c1-3-30-19-10-8-17(9-11-19)25-29-23(20-12-18(26)13-21(27)24(20)31-25)14-22(28-29)16-6-4-15(2)5-7-16/h4-13,23,25H,3,14H2,1-2H3/t23-,25-/m0/s1. The average molecular weight is 453 g/mol. The molecular formula is C25H22Cl2N2O2. The van der Waals surface area contributed by atoms with Crippen LogP contribution >= 0.6 is 23.2 Å². The molecule has 0 radical (unpaired) electrons. The lowest BCUT2D eigenvalue weighted by molar-refractivity contribution is -0.0189. The van der Waals surface area contributed by atoms with Crippen molar-refractivity contribution in [3.63, 3.8) is 0 Å². The van der Waals surface area contributed by atoms with E-state index in [2.05, 4.69) is 31.2 Å². The van der Waals surface area contributed by atoms with Gasteiger partial charge >= 0.3 is 0 Å². The second-order valence-corrected chi connectivity index (χ2v) is 8.63. The summed E-state index contributed by atoms with van der Waals surface area (Å²) in [7, 11) is 0. The van der Waals surface area contributed by atoms with E-state index in [0.29, 0.717) is 22.4 Å². The largest absolute Gasteiger partial charge is 0.494 e. The molecule has 2 aliphatic heterocycles. The molecular weight excluding hydrogens is 431 g/mol. The Morgan fingerprint density at radius 1 is 1.06 bits per heavy atom. The molecule has 0 bridgehead atoms. The highest BCUT2D eigenvalue weighted by Gasteiger charge is 2.42. The van der Waals surface area contributed by atoms with Crippen molar-refractivity contribution in [1.29, 1.82) is 0 Å². The number of benzene rings is 3. The first kappa shape index (κ1) is 20.2. The van der Waals surface area contributed by atoms with Crippen LogP contribution in [0, 0.1) is 6.92 Å². The summed E-state index contributed by atoms with van der Waals surface area (Å²) in [5.41, 5.74) is 5.30. The third kappa shape index (κ3) is 3.75. The summed E-state index contributed by atoms with van der Waals surface area (Å²) < 4.78 is 12.0. The first-order valence-corrected chi connectivity index (χ1v) is 11.1. The molecule has 0 saturated carbocycles. The lowest BCUT2D eigenvalue weighted by Gasteiger charge is -2.38. The monoisotopic (exact) mass is 452 g/mol. The van der Waals surface area contributed by atoms with Crippen molar-refractivity contribution in [3.8, 4) is 11.5 Å². The molecule has 0 N–H and O–H groups in total. The predicted octanol–water partition coefficient (Wildman–Crippen LogP) is 6.94. The normalized spacial score (nSPS) is 19.4. The van der Waals surface area contributed by atoms with E-state index in [-0.39, 0.29) is 6.04 Å². The second kappa shape index (κ2) is 8.10. The smallest absolute Gasteiger partial charge is 0.213 e. The van der Waals surface area contributed by atoms with E-state index in [1.165, 1.54) is 5.56 Å². The molecule has 0 amide bonds. The first-order valence-electron chi connectivity index (χ1n) is 10.3. The van der Waals surface area contributed by atoms with Crippen molar-refractivity contribution in [2.24, 2.45) is 5.10 Å². The summed E-state index contributed by atoms with van der Waals surface area (Å²) in [6, 6.07) is 20.0. The molecule has 2 atom stereocenters. The minimum atomic E-state index is -0.394. The van der Waals surface area contributed by atoms with Gasteiger partial charge in [0.1, 0.15) is 11.5 Å². The van der Waals surface area contributed by atoms with Crippen LogP contribution in [-0.2, 0) is 0 Å². The summed E-state index contributed by atoms with van der Waals surface area (Å²) in [5.74, 6) is 1.50. The Balaban J connectivity index is 1.58. The maximum atomic E-state index is 6.54. The molecule has 31 heavy (non-hydrogen) atoms. The number of rotatable bonds is 4. The number of aryl methyl sites for hydroxylation is 1. The molecule has 4 nitrogen and oxygen atoms in total. The van der Waals surface area contributed by atoms with E-state index in [4.69, 9.17) is 37.8 Å². The fraction of sp³-hybridized carbons (Fsp3) is 0.240. The molecule has 0 saturated heterocycles. The van der Waals surface area contributed by atoms with E-state index >= 15 is 0 Å². The minimum Gasteiger partial charge on any atom is -0.494 e. The molecule has 3 aromatic carbocycles. The fourth-order valence-electron chi connectivity index (χ4n) is 4.15. The summed E-state index contributed by atoms with van der Waals surface area (Å²) in [6.45, 7) is 4.68. The van der Waals surface area contributed by atoms with E-state index in [1.807, 2.05) is 42.3 Å². The van der Waals surface area contributed by atoms with Crippen molar-refractivity contribution >= 4 is 28.9 Å². The van der Waals surface area contributed by atoms with Gasteiger partial charge in [-0.3, -0.25) is 0 Å². The number of ether oxygens (including phenoxy) is 2. The van der Waals surface area contributed by atoms with Gasteiger partial charge in [0.15, 0.2) is 0 Å². The average Bonchev–Trinajstić information content (AvgIpc) is 3.20. The molecule has 0 aliphatic carbocycles. The van der Waals surface area contributed by atoms with Crippen molar-refractivity contribution in [2.45, 2.75) is 32.5 Å². The zero-order valence-corrected chi connectivity index (χ0v) is 18.8. The third-order valence-electron chi connectivity index (χ3n) is 5.67. The Morgan fingerprint density at radius 2 is 1.81 bits per heavy atom. The van der Waals surface area contributed by atoms with E-state index in [0.717, 1.165) is 34.6 Å². The van der Waals surface area contributed by atoms with Crippen LogP contribution in [0.4, 0.5) is 0 Å². The molecule has 0 unspecified atom stereocenters. The van der Waals surface area contributed by atoms with Gasteiger partial charge in [-0.1, -0.05) is 53.0 Å². The van der Waals surface area contributed by atoms with Crippen LogP contribution in [0.5, 0.6) is 11.5 Å². The molecule has 0 spiro atoms. The van der Waals surface area contributed by atoms with Gasteiger partial charge in [-0.15, -0.1) is 0 Å². The van der Waals surface area contributed by atoms with Crippen LogP contribution in [0.1, 0.15) is 47.9 Å². The predicted molar refractivity (Wildman–Crippen MR) is 124 cm³/mol. The number of fused-ring (bicyclic) bond motifs is 3. The maximum Gasteiger partial charge on any atom is 0.213 e. The van der Waals surface area contributed by atoms with Crippen molar-refractivity contribution in [2.75, 3.05) is 6.61 Å². The number of halogens is 2. The van der Waals surface area contributed by atoms with Crippen LogP contribution in [0.15, 0.2) is 65.8 Å². The van der Waals surface area contributed by atoms with Crippen LogP contribution in [0.3, 0.4) is 0 Å². The molecule has 3 aromatic rings. The zero-order chi connectivity index (χ0) is 21.5. The molecule has 0 fully saturated rings. The highest BCUT2D eigenvalue weighted by atomic mass is 35.5. The molecule has 5 rings (SSSR count). The van der Waals surface area contributed by atoms with Gasteiger partial charge in [0, 0.05) is 22.6 Å². The Hall–Kier alpha value is -2.69. The van der Waals surface area contributed by atoms with E-state index in [9.17, 15) is 0 Å². The van der Waals surface area contributed by atoms with Gasteiger partial charge in [-0.25, -0.2) is 5.01 Å². The van der Waals surface area contributed by atoms with Crippen LogP contribution in [0.25, 0.3) is 0 Å². The number of hydrazone groups is 1. The Morgan fingerprint density at radius 3 is 2.52 bits per heavy atom. The molecule has 2 heterocycles. The quantitative estimate of drug-likeness (QED) is 0.429. The molecule has 6 heteroatoms. The minimum absolute atomic E-state index is 0.00665. The highest BCUT2D eigenvalue weighted by molar-refractivity contribution is 6.35. The summed E-state index contributed by atoms with van der Waals surface area (Å²) in [4.78, 5) is 0. The molecule has 0 aromatic heterocycles. The Kier molecular flexibility index (Phi) is 5.28. The number of hydrogen-bond acceptors (Lipinski definition) is 4. The first-order chi connectivity index (χ1) is 15.0. The van der Waals surface area contributed by atoms with Crippen LogP contribution < -0.4 is 9.47 Å². The van der Waals surface area contributed by atoms with Crippen LogP contribution in [0.2, 0.25) is 10.0 Å².